The van der Waals surface area contributed by atoms with E-state index in [0.29, 0.717) is 28.5 Å². The maximum absolute atomic E-state index is 12.9. The molecule has 0 unspecified atom stereocenters. The number of aryl methyl sites for hydroxylation is 1. The van der Waals surface area contributed by atoms with Gasteiger partial charge in [-0.25, -0.2) is 4.79 Å². The Bertz CT molecular complexity index is 1720. The van der Waals surface area contributed by atoms with E-state index < -0.39 is 5.97 Å². The van der Waals surface area contributed by atoms with Crippen LogP contribution in [0.1, 0.15) is 23.6 Å². The summed E-state index contributed by atoms with van der Waals surface area (Å²) >= 11 is 6.16. The molecular formula is C33H25ClO6. The predicted molar refractivity (Wildman–Crippen MR) is 155 cm³/mol. The van der Waals surface area contributed by atoms with E-state index >= 15 is 0 Å². The summed E-state index contributed by atoms with van der Waals surface area (Å²) in [6, 6.07) is 26.9. The Hall–Kier alpha value is -4.81. The van der Waals surface area contributed by atoms with Crippen molar-refractivity contribution in [3.8, 4) is 23.0 Å². The van der Waals surface area contributed by atoms with E-state index in [1.54, 1.807) is 12.1 Å². The zero-order valence-corrected chi connectivity index (χ0v) is 22.4. The molecule has 0 amide bonds. The fraction of sp³-hybridized carbons (Fsp3) is 0.0909. The molecule has 1 aromatic heterocycles. The van der Waals surface area contributed by atoms with Gasteiger partial charge in [0.15, 0.2) is 0 Å². The van der Waals surface area contributed by atoms with Crippen LogP contribution in [0.4, 0.5) is 0 Å². The normalized spacial score (nSPS) is 11.1. The highest BCUT2D eigenvalue weighted by Gasteiger charge is 2.11. The van der Waals surface area contributed by atoms with Gasteiger partial charge in [0.2, 0.25) is 11.2 Å². The number of carbonyl (C=O) groups is 1. The van der Waals surface area contributed by atoms with Gasteiger partial charge in [0.1, 0.15) is 35.7 Å². The van der Waals surface area contributed by atoms with Crippen molar-refractivity contribution in [1.29, 1.82) is 0 Å². The summed E-state index contributed by atoms with van der Waals surface area (Å²) < 4.78 is 22.5. The fourth-order valence-electron chi connectivity index (χ4n) is 3.91. The molecular weight excluding hydrogens is 528 g/mol. The zero-order chi connectivity index (χ0) is 27.9. The molecule has 0 atom stereocenters. The third kappa shape index (κ3) is 6.60. The molecule has 0 saturated heterocycles. The predicted octanol–water partition coefficient (Wildman–Crippen LogP) is 8.00. The van der Waals surface area contributed by atoms with Crippen LogP contribution >= 0.6 is 11.6 Å². The van der Waals surface area contributed by atoms with Crippen LogP contribution in [0.2, 0.25) is 5.02 Å². The Morgan fingerprint density at radius 1 is 0.900 bits per heavy atom. The van der Waals surface area contributed by atoms with E-state index in [9.17, 15) is 9.59 Å². The quantitative estimate of drug-likeness (QED) is 0.105. The van der Waals surface area contributed by atoms with Gasteiger partial charge in [-0.05, 0) is 66.1 Å². The highest BCUT2D eigenvalue weighted by Crippen LogP contribution is 2.25. The minimum Gasteiger partial charge on any atom is -0.489 e. The number of hydrogen-bond donors (Lipinski definition) is 0. The molecule has 0 aliphatic heterocycles. The number of benzene rings is 4. The number of carbonyl (C=O) groups excluding carboxylic acids is 1. The van der Waals surface area contributed by atoms with E-state index in [1.165, 1.54) is 30.0 Å². The summed E-state index contributed by atoms with van der Waals surface area (Å²) in [6.07, 6.45) is 5.13. The maximum atomic E-state index is 12.9. The molecule has 4 aromatic carbocycles. The molecule has 40 heavy (non-hydrogen) atoms. The molecule has 7 heteroatoms. The Labute approximate surface area is 236 Å². The van der Waals surface area contributed by atoms with Crippen molar-refractivity contribution in [2.24, 2.45) is 0 Å². The van der Waals surface area contributed by atoms with Gasteiger partial charge in [-0.2, -0.15) is 0 Å². The monoisotopic (exact) mass is 552 g/mol. The summed E-state index contributed by atoms with van der Waals surface area (Å²) in [6.45, 7) is 2.42. The van der Waals surface area contributed by atoms with E-state index in [0.717, 1.165) is 17.5 Å². The summed E-state index contributed by atoms with van der Waals surface area (Å²) in [5.74, 6) is 0.971. The van der Waals surface area contributed by atoms with Crippen molar-refractivity contribution in [3.63, 3.8) is 0 Å². The van der Waals surface area contributed by atoms with E-state index in [4.69, 9.17) is 30.2 Å². The molecule has 5 aromatic rings. The van der Waals surface area contributed by atoms with Crippen LogP contribution in [0.25, 0.3) is 17.0 Å². The molecule has 0 saturated carbocycles. The van der Waals surface area contributed by atoms with Crippen LogP contribution in [0.15, 0.2) is 113 Å². The van der Waals surface area contributed by atoms with Gasteiger partial charge in [0, 0.05) is 22.7 Å². The third-order valence-corrected chi connectivity index (χ3v) is 6.51. The second-order valence-corrected chi connectivity index (χ2v) is 9.30. The Kier molecular flexibility index (Phi) is 8.28. The number of rotatable bonds is 9. The number of esters is 1. The summed E-state index contributed by atoms with van der Waals surface area (Å²) in [5, 5.41) is 0.969. The van der Waals surface area contributed by atoms with Crippen molar-refractivity contribution in [3.05, 3.63) is 135 Å². The Morgan fingerprint density at radius 2 is 1.62 bits per heavy atom. The van der Waals surface area contributed by atoms with E-state index in [2.05, 4.69) is 6.92 Å². The SMILES string of the molecule is CCc1ccc(Oc2coc3cc(OC(=O)/C=C/c4ccc(OCc5ccccc5Cl)cc4)ccc3c2=O)cc1. The molecule has 5 rings (SSSR count). The average molecular weight is 553 g/mol. The Balaban J connectivity index is 1.19. The lowest BCUT2D eigenvalue weighted by atomic mass is 10.2. The van der Waals surface area contributed by atoms with Crippen molar-refractivity contribution < 1.29 is 23.4 Å². The number of ether oxygens (including phenoxy) is 3. The van der Waals surface area contributed by atoms with Gasteiger partial charge >= 0.3 is 5.97 Å². The zero-order valence-electron chi connectivity index (χ0n) is 21.6. The summed E-state index contributed by atoms with van der Waals surface area (Å²) in [4.78, 5) is 25.3. The van der Waals surface area contributed by atoms with E-state index in [1.807, 2.05) is 72.8 Å². The molecule has 200 valence electrons. The molecule has 1 heterocycles. The van der Waals surface area contributed by atoms with Crippen LogP contribution in [-0.2, 0) is 17.8 Å². The smallest absolute Gasteiger partial charge is 0.336 e. The van der Waals surface area contributed by atoms with E-state index in [-0.39, 0.29) is 22.5 Å². The van der Waals surface area contributed by atoms with Crippen LogP contribution < -0.4 is 19.6 Å². The van der Waals surface area contributed by atoms with Crippen molar-refractivity contribution in [1.82, 2.24) is 0 Å². The molecule has 6 nitrogen and oxygen atoms in total. The molecule has 0 N–H and O–H groups in total. The minimum absolute atomic E-state index is 0.0738. The number of fused-ring (bicyclic) bond motifs is 1. The lowest BCUT2D eigenvalue weighted by Crippen LogP contribution is -2.06. The van der Waals surface area contributed by atoms with Gasteiger partial charge in [0.25, 0.3) is 0 Å². The highest BCUT2D eigenvalue weighted by atomic mass is 35.5. The first kappa shape index (κ1) is 26.8. The second-order valence-electron chi connectivity index (χ2n) is 8.89. The first-order chi connectivity index (χ1) is 19.5. The molecule has 0 bridgehead atoms. The molecule has 0 radical (unpaired) electrons. The van der Waals surface area contributed by atoms with Gasteiger partial charge in [-0.15, -0.1) is 0 Å². The standard InChI is InChI=1S/C33H25ClO6/c1-2-22-7-14-26(15-8-22)39-31-21-38-30-19-27(16-17-28(30)33(31)36)40-32(35)18-11-23-9-12-25(13-10-23)37-20-24-5-3-4-6-29(24)34/h3-19,21H,2,20H2,1H3/b18-11+. The largest absolute Gasteiger partial charge is 0.489 e. The maximum Gasteiger partial charge on any atom is 0.336 e. The molecule has 0 aliphatic rings. The Morgan fingerprint density at radius 3 is 2.38 bits per heavy atom. The van der Waals surface area contributed by atoms with Gasteiger partial charge < -0.3 is 18.6 Å². The lowest BCUT2D eigenvalue weighted by molar-refractivity contribution is -0.128. The van der Waals surface area contributed by atoms with Gasteiger partial charge in [-0.1, -0.05) is 61.0 Å². The van der Waals surface area contributed by atoms with Crippen molar-refractivity contribution >= 4 is 34.6 Å². The molecule has 0 spiro atoms. The van der Waals surface area contributed by atoms with Crippen LogP contribution in [0.5, 0.6) is 23.0 Å². The van der Waals surface area contributed by atoms with Crippen molar-refractivity contribution in [2.45, 2.75) is 20.0 Å². The fourth-order valence-corrected chi connectivity index (χ4v) is 4.10. The van der Waals surface area contributed by atoms with Crippen LogP contribution in [-0.4, -0.2) is 5.97 Å². The first-order valence-electron chi connectivity index (χ1n) is 12.7. The van der Waals surface area contributed by atoms with Crippen LogP contribution in [0.3, 0.4) is 0 Å². The summed E-state index contributed by atoms with van der Waals surface area (Å²) in [7, 11) is 0. The van der Waals surface area contributed by atoms with Gasteiger partial charge in [0.05, 0.1) is 5.39 Å². The van der Waals surface area contributed by atoms with Gasteiger partial charge in [-0.3, -0.25) is 4.79 Å². The number of hydrogen-bond acceptors (Lipinski definition) is 6. The van der Waals surface area contributed by atoms with Crippen LogP contribution in [0, 0.1) is 0 Å². The minimum atomic E-state index is -0.573. The molecule has 0 aliphatic carbocycles. The number of halogens is 1. The third-order valence-electron chi connectivity index (χ3n) is 6.14. The van der Waals surface area contributed by atoms with Crippen molar-refractivity contribution in [2.75, 3.05) is 0 Å². The topological polar surface area (TPSA) is 75.0 Å². The highest BCUT2D eigenvalue weighted by molar-refractivity contribution is 6.31. The summed E-state index contributed by atoms with van der Waals surface area (Å²) in [5.41, 5.74) is 2.82. The lowest BCUT2D eigenvalue weighted by Gasteiger charge is -2.08. The average Bonchev–Trinajstić information content (AvgIpc) is 2.98. The molecule has 0 fully saturated rings. The second kappa shape index (κ2) is 12.4. The first-order valence-corrected chi connectivity index (χ1v) is 13.0.